The highest BCUT2D eigenvalue weighted by Gasteiger charge is 2.47. The van der Waals surface area contributed by atoms with E-state index in [-0.39, 0.29) is 186 Å². The lowest BCUT2D eigenvalue weighted by molar-refractivity contribution is -0.342. The first kappa shape index (κ1) is 157. The molecule has 5 aliphatic rings. The van der Waals surface area contributed by atoms with Crippen LogP contribution in [0.25, 0.3) is 0 Å². The van der Waals surface area contributed by atoms with Gasteiger partial charge in [0.2, 0.25) is 0 Å². The molecule has 25 unspecified atom stereocenters. The normalized spacial score (nSPS) is 26.2. The van der Waals surface area contributed by atoms with Gasteiger partial charge in [0.15, 0.2) is 0 Å². The van der Waals surface area contributed by atoms with Crippen molar-refractivity contribution >= 4 is 125 Å². The molecule has 862 valence electrons. The molecule has 10 radical (unpaired) electrons. The van der Waals surface area contributed by atoms with Crippen LogP contribution in [0.1, 0.15) is 250 Å². The standard InChI is InChI=1S/C17H36BO14P3.C14H30BO13P3.C14H29BO10P2.C12H25BO8P2.C10H20BO6P.4C2H6.CH4O.CH4/c1-17(2,3)16-14(13-15(18)31-16)32-35(24,25)30-12-6-11-29-34(22,23)28-10-5-9-27-33(20,21)26-8-4-7-19;1-14(2,3)13-11(10-12(15)27-13)28-31(21,22)26-9-5-8-25-30(19,20)24-7-4-6-23-29(16,17)18;1-14(2,3)13-11(10-12(15)24-13)25-27(19,20)23-9-5-8-22-26(17,18)21-7-4-6-16;1-12(2,3)11-9(8-10(13)20-11)21-23(16,17)19-7-5-6-18-22(4,14)15;1-7(2)10-8(6-9(11)16-10)17-18(13,14)15-5-3-4-12;5*1-2;/h14-16,19H,4-13H2,1-3H3,(H,20,21)(H,22,23)(H,24,25);11-13H,4-10H2,1-3H3,(H,19,20)(H,21,22)(H2,16,17,18);11-13,16H,4-10H2,1-3H3,(H,17,18)(H,19,20);9-11H,5-8H2,1-4H3,(H,14,15)(H,16,17);7-10,12H,3-6H2,1-2H3,(H,13,14);4*1-2H3;2H,1H3;1H4/p-12. The van der Waals surface area contributed by atoms with E-state index in [0.29, 0.717) is 6.42 Å². The Kier molecular flexibility index (Phi) is 84.8. The van der Waals surface area contributed by atoms with E-state index in [1.807, 2.05) is 152 Å². The lowest BCUT2D eigenvalue weighted by atomic mass is 9.85. The van der Waals surface area contributed by atoms with Crippen LogP contribution in [0, 0.1) is 27.6 Å². The summed E-state index contributed by atoms with van der Waals surface area (Å²) in [6.45, 7) is 37.6. The van der Waals surface area contributed by atoms with E-state index >= 15 is 0 Å². The van der Waals surface area contributed by atoms with Crippen LogP contribution in [-0.4, -0.2) is 283 Å². The third kappa shape index (κ3) is 80.6. The highest BCUT2D eigenvalue weighted by Crippen LogP contribution is 2.53. The molecular weight excluding hydrogens is 2150 g/mol. The van der Waals surface area contributed by atoms with Crippen molar-refractivity contribution in [2.45, 2.75) is 341 Å². The average Bonchev–Trinajstić information content (AvgIpc) is 1.65. The van der Waals surface area contributed by atoms with Crippen molar-refractivity contribution < 1.29 is 244 Å². The van der Waals surface area contributed by atoms with Gasteiger partial charge in [0, 0.05) is 63.6 Å². The van der Waals surface area contributed by atoms with Crippen LogP contribution in [0.3, 0.4) is 0 Å². The minimum atomic E-state index is -5.13. The molecule has 68 heteroatoms. The Morgan fingerprint density at radius 2 is 0.421 bits per heavy atom. The molecule has 0 bridgehead atoms. The number of hydrogen-bond donors (Lipinski definition) is 4. The van der Waals surface area contributed by atoms with Crippen molar-refractivity contribution in [3.05, 3.63) is 0 Å². The maximum atomic E-state index is 12.1. The third-order valence-electron chi connectivity index (χ3n) is 17.5. The summed E-state index contributed by atoms with van der Waals surface area (Å²) in [4.78, 5) is 137. The van der Waals surface area contributed by atoms with Crippen molar-refractivity contribution in [1.29, 1.82) is 0 Å². The fraction of sp³-hybridized carbons (Fsp3) is 1.00. The van der Waals surface area contributed by atoms with Crippen LogP contribution >= 0.6 is 85.8 Å². The minimum Gasteiger partial charge on any atom is -0.790 e. The molecule has 5 rings (SSSR count). The van der Waals surface area contributed by atoms with Gasteiger partial charge in [0.1, 0.15) is 46.8 Å². The van der Waals surface area contributed by atoms with E-state index in [4.69, 9.17) is 124 Å². The fourth-order valence-corrected chi connectivity index (χ4v) is 20.6. The summed E-state index contributed by atoms with van der Waals surface area (Å²) in [6.07, 6.45) is -4.99. The molecule has 0 spiro atoms. The molecule has 0 aromatic rings. The lowest BCUT2D eigenvalue weighted by Gasteiger charge is -2.34. The molecule has 5 saturated heterocycles. The maximum absolute atomic E-state index is 12.1. The summed E-state index contributed by atoms with van der Waals surface area (Å²) in [6, 6.07) is -3.05. The zero-order chi connectivity index (χ0) is 113. The number of rotatable bonds is 59. The first-order chi connectivity index (χ1) is 66.1. The summed E-state index contributed by atoms with van der Waals surface area (Å²) in [7, 11) is -20.8. The molecule has 0 aromatic carbocycles. The second-order valence-corrected chi connectivity index (χ2v) is 50.1. The lowest BCUT2D eigenvalue weighted by Crippen LogP contribution is -2.37. The van der Waals surface area contributed by atoms with Gasteiger partial charge >= 0.3 is 0 Å². The molecule has 0 saturated carbocycles. The Labute approximate surface area is 865 Å². The Bertz CT molecular complexity index is 3870. The molecule has 5 aliphatic heterocycles. The Balaban J connectivity index is -0.000000411. The number of ether oxygens (including phenoxy) is 5. The van der Waals surface area contributed by atoms with Crippen LogP contribution in [-0.2, 0) is 164 Å². The number of aliphatic hydroxyl groups is 4. The van der Waals surface area contributed by atoms with E-state index in [1.54, 1.807) is 0 Å². The first-order valence-corrected chi connectivity index (χ1v) is 63.2. The zero-order valence-corrected chi connectivity index (χ0v) is 96.9. The summed E-state index contributed by atoms with van der Waals surface area (Å²) in [5.41, 5.74) is -1.56. The molecule has 25 atom stereocenters. The number of phosphoric acid groups is 10. The van der Waals surface area contributed by atoms with E-state index in [1.165, 1.54) is 0 Å². The summed E-state index contributed by atoms with van der Waals surface area (Å²) < 4.78 is 247. The first-order valence-electron chi connectivity index (χ1n) is 46.6. The number of hydrogen-bond acceptors (Lipinski definition) is 52. The van der Waals surface area contributed by atoms with E-state index < -0.39 is 228 Å². The molecule has 145 heavy (non-hydrogen) atoms. The highest BCUT2D eigenvalue weighted by molar-refractivity contribution is 7.50. The van der Waals surface area contributed by atoms with Gasteiger partial charge in [-0.15, -0.1) is 0 Å². The molecule has 52 nitrogen and oxygen atoms in total. The number of aliphatic hydroxyl groups excluding tert-OH is 4. The smallest absolute Gasteiger partial charge is 0.268 e. The second-order valence-electron chi connectivity index (χ2n) is 34.7. The topological polar surface area (TPSA) is 776 Å². The molecule has 0 aromatic heterocycles. The van der Waals surface area contributed by atoms with Gasteiger partial charge in [0.25, 0.3) is 70.4 Å². The van der Waals surface area contributed by atoms with Crippen molar-refractivity contribution in [3.8, 4) is 0 Å². The molecule has 5 fully saturated rings. The van der Waals surface area contributed by atoms with E-state index in [9.17, 15) is 109 Å². The van der Waals surface area contributed by atoms with Gasteiger partial charge in [-0.25, -0.2) is 0 Å². The van der Waals surface area contributed by atoms with E-state index in [0.717, 1.165) is 13.8 Å². The van der Waals surface area contributed by atoms with Crippen molar-refractivity contribution in [1.82, 2.24) is 0 Å². The van der Waals surface area contributed by atoms with Gasteiger partial charge in [0.05, 0.1) is 168 Å². The monoisotopic (exact) mass is 2310 g/mol. The number of phosphoric ester groups is 10. The molecular formula is C77H160B5O52P11-12. The van der Waals surface area contributed by atoms with Crippen LogP contribution in [0.4, 0.5) is 0 Å². The van der Waals surface area contributed by atoms with Gasteiger partial charge < -0.3 is 202 Å². The Morgan fingerprint density at radius 3 is 0.586 bits per heavy atom. The van der Waals surface area contributed by atoms with Gasteiger partial charge in [-0.05, 0) is 117 Å². The predicted octanol–water partition coefficient (Wildman–Crippen LogP) is 5.43. The zero-order valence-electron chi connectivity index (χ0n) is 87.1. The molecule has 5 heterocycles. The van der Waals surface area contributed by atoms with Crippen molar-refractivity contribution in [2.75, 3.05) is 133 Å². The summed E-state index contributed by atoms with van der Waals surface area (Å²) >= 11 is 0. The molecule has 4 N–H and O–H groups in total. The van der Waals surface area contributed by atoms with Crippen molar-refractivity contribution in [3.63, 3.8) is 0 Å². The molecule has 0 aliphatic carbocycles. The Morgan fingerprint density at radius 1 is 0.269 bits per heavy atom. The van der Waals surface area contributed by atoms with Crippen LogP contribution in [0.2, 0.25) is 0 Å². The second kappa shape index (κ2) is 78.4. The van der Waals surface area contributed by atoms with Crippen LogP contribution in [0.15, 0.2) is 0 Å². The quantitative estimate of drug-likeness (QED) is 0.0335. The SMILES string of the molecule is C.CC.CC.CC.CC.CO.[B]C1CC(OP(=O)([O-])OCCCO)C(C(C)C)O1.[B]C1CC(OP(=O)([O-])OCCCOP(=O)([O-])OCCCO)C(C(C)(C)C)O1.[B]C1CC(OP(=O)([O-])OCCCOP(=O)([O-])OCCCOP(=O)([O-])OCCCO)C(C(C)(C)C)O1.[B]C1CC(OP(=O)([O-])OCCCOP(=O)([O-])OCCCOP(=O)([O-])[O-])C(C(C)(C)C)O1.[B]C1CC(OP(=O)([O-])OCCCOP(C)(=O)[O-])C(C(C)(C)C)O1. The highest BCUT2D eigenvalue weighted by atomic mass is 31.2. The third-order valence-corrected chi connectivity index (χ3v) is 27.8. The van der Waals surface area contributed by atoms with Gasteiger partial charge in [-0.1, -0.05) is 160 Å². The molecule has 0 amide bonds. The van der Waals surface area contributed by atoms with E-state index in [2.05, 4.69) is 49.8 Å². The van der Waals surface area contributed by atoms with Crippen molar-refractivity contribution in [2.24, 2.45) is 27.6 Å². The van der Waals surface area contributed by atoms with Crippen LogP contribution < -0.4 is 58.7 Å². The summed E-state index contributed by atoms with van der Waals surface area (Å²) in [5, 5.41) is 32.7. The van der Waals surface area contributed by atoms with Crippen LogP contribution in [0.5, 0.6) is 0 Å². The average molecular weight is 2310 g/mol. The minimum absolute atomic E-state index is 0. The Hall–Kier alpha value is 1.21. The van der Waals surface area contributed by atoms with Gasteiger partial charge in [-0.3, -0.25) is 41.1 Å². The summed E-state index contributed by atoms with van der Waals surface area (Å²) in [5.74, 6) is 0.0981. The predicted molar refractivity (Wildman–Crippen MR) is 514 cm³/mol. The fourth-order valence-electron chi connectivity index (χ4n) is 12.0. The van der Waals surface area contributed by atoms with Gasteiger partial charge in [-0.2, -0.15) is 0 Å². The maximum Gasteiger partial charge on any atom is 0.268 e. The largest absolute Gasteiger partial charge is 0.790 e.